The molecule has 3 heteroatoms. The molecule has 0 aliphatic rings. The van der Waals surface area contributed by atoms with E-state index in [9.17, 15) is 0 Å². The lowest BCUT2D eigenvalue weighted by atomic mass is 9.98. The van der Waals surface area contributed by atoms with Crippen molar-refractivity contribution in [2.24, 2.45) is 0 Å². The lowest BCUT2D eigenvalue weighted by Gasteiger charge is -2.21. The number of benzene rings is 2. The fourth-order valence-corrected chi connectivity index (χ4v) is 3.24. The minimum atomic E-state index is 0.152. The van der Waals surface area contributed by atoms with Crippen LogP contribution in [-0.4, -0.2) is 12.3 Å². The van der Waals surface area contributed by atoms with E-state index in [1.807, 2.05) is 30.0 Å². The zero-order valence-corrected chi connectivity index (χ0v) is 14.2. The zero-order chi connectivity index (χ0) is 15.1. The maximum Gasteiger partial charge on any atom is 0.0591 e. The van der Waals surface area contributed by atoms with Gasteiger partial charge in [0.2, 0.25) is 0 Å². The van der Waals surface area contributed by atoms with Gasteiger partial charge in [0.05, 0.1) is 6.04 Å². The van der Waals surface area contributed by atoms with Gasteiger partial charge in [0.1, 0.15) is 0 Å². The molecular formula is C18H22ClNS. The summed E-state index contributed by atoms with van der Waals surface area (Å²) in [4.78, 5) is 1.31. The molecule has 0 aromatic heterocycles. The normalized spacial score (nSPS) is 12.3. The maximum atomic E-state index is 6.38. The molecule has 2 aromatic carbocycles. The van der Waals surface area contributed by atoms with Crippen LogP contribution in [0.25, 0.3) is 0 Å². The van der Waals surface area contributed by atoms with Crippen LogP contribution in [0.4, 0.5) is 0 Å². The molecule has 0 aliphatic heterocycles. The van der Waals surface area contributed by atoms with Gasteiger partial charge in [0.15, 0.2) is 0 Å². The fraction of sp³-hybridized carbons (Fsp3) is 0.333. The first-order valence-electron chi connectivity index (χ1n) is 7.46. The van der Waals surface area contributed by atoms with Crippen molar-refractivity contribution in [3.8, 4) is 0 Å². The van der Waals surface area contributed by atoms with E-state index >= 15 is 0 Å². The summed E-state index contributed by atoms with van der Waals surface area (Å²) in [5.74, 6) is 1.10. The second kappa shape index (κ2) is 8.47. The van der Waals surface area contributed by atoms with Gasteiger partial charge in [-0.2, -0.15) is 0 Å². The summed E-state index contributed by atoms with van der Waals surface area (Å²) >= 11 is 8.25. The average molecular weight is 320 g/mol. The van der Waals surface area contributed by atoms with E-state index in [0.717, 1.165) is 29.3 Å². The third-order valence-corrected chi connectivity index (χ3v) is 4.58. The third kappa shape index (κ3) is 4.50. The van der Waals surface area contributed by atoms with Gasteiger partial charge in [-0.3, -0.25) is 0 Å². The van der Waals surface area contributed by atoms with Crippen LogP contribution in [0.1, 0.15) is 37.4 Å². The highest BCUT2D eigenvalue weighted by molar-refractivity contribution is 7.99. The molecule has 2 rings (SSSR count). The topological polar surface area (TPSA) is 12.0 Å². The fourth-order valence-electron chi connectivity index (χ4n) is 2.33. The van der Waals surface area contributed by atoms with Gasteiger partial charge in [-0.15, -0.1) is 11.8 Å². The van der Waals surface area contributed by atoms with Crippen LogP contribution < -0.4 is 5.32 Å². The van der Waals surface area contributed by atoms with Crippen LogP contribution in [0.15, 0.2) is 53.4 Å². The molecule has 1 N–H and O–H groups in total. The number of halogens is 1. The minimum absolute atomic E-state index is 0.152. The molecule has 0 heterocycles. The number of rotatable bonds is 7. The Morgan fingerprint density at radius 2 is 1.76 bits per heavy atom. The van der Waals surface area contributed by atoms with Crippen LogP contribution in [0.5, 0.6) is 0 Å². The Hall–Kier alpha value is -0.960. The van der Waals surface area contributed by atoms with Gasteiger partial charge >= 0.3 is 0 Å². The molecule has 0 amide bonds. The van der Waals surface area contributed by atoms with Crippen LogP contribution in [0, 0.1) is 0 Å². The molecular weight excluding hydrogens is 298 g/mol. The molecule has 0 bridgehead atoms. The highest BCUT2D eigenvalue weighted by Crippen LogP contribution is 2.29. The number of thioether (sulfide) groups is 1. The smallest absolute Gasteiger partial charge is 0.0591 e. The molecule has 21 heavy (non-hydrogen) atoms. The van der Waals surface area contributed by atoms with Crippen molar-refractivity contribution in [2.75, 3.05) is 12.3 Å². The first-order valence-corrected chi connectivity index (χ1v) is 8.83. The Kier molecular flexibility index (Phi) is 6.62. The average Bonchev–Trinajstić information content (AvgIpc) is 2.51. The number of hydrogen-bond donors (Lipinski definition) is 1. The number of nitrogens with one attached hydrogen (secondary N) is 1. The van der Waals surface area contributed by atoms with Gasteiger partial charge in [0.25, 0.3) is 0 Å². The van der Waals surface area contributed by atoms with Crippen molar-refractivity contribution in [2.45, 2.75) is 31.2 Å². The third-order valence-electron chi connectivity index (χ3n) is 3.34. The van der Waals surface area contributed by atoms with Crippen molar-refractivity contribution >= 4 is 23.4 Å². The van der Waals surface area contributed by atoms with Gasteiger partial charge in [-0.1, -0.05) is 55.8 Å². The highest BCUT2D eigenvalue weighted by atomic mass is 35.5. The van der Waals surface area contributed by atoms with Gasteiger partial charge in [-0.05, 0) is 48.0 Å². The van der Waals surface area contributed by atoms with Gasteiger partial charge < -0.3 is 5.32 Å². The summed E-state index contributed by atoms with van der Waals surface area (Å²) in [7, 11) is 0. The van der Waals surface area contributed by atoms with Crippen LogP contribution in [0.3, 0.4) is 0 Å². The maximum absolute atomic E-state index is 6.38. The Bertz CT molecular complexity index is 553. The number of hydrogen-bond acceptors (Lipinski definition) is 2. The lowest BCUT2D eigenvalue weighted by Crippen LogP contribution is -2.23. The quantitative estimate of drug-likeness (QED) is 0.672. The van der Waals surface area contributed by atoms with Crippen LogP contribution in [-0.2, 0) is 0 Å². The molecule has 2 aromatic rings. The predicted molar refractivity (Wildman–Crippen MR) is 94.4 cm³/mol. The molecule has 0 radical (unpaired) electrons. The lowest BCUT2D eigenvalue weighted by molar-refractivity contribution is 0.598. The van der Waals surface area contributed by atoms with E-state index < -0.39 is 0 Å². The zero-order valence-electron chi connectivity index (χ0n) is 12.6. The van der Waals surface area contributed by atoms with E-state index in [4.69, 9.17) is 11.6 Å². The van der Waals surface area contributed by atoms with Gasteiger partial charge in [-0.25, -0.2) is 0 Å². The molecule has 112 valence electrons. The Morgan fingerprint density at radius 1 is 1.05 bits per heavy atom. The SMILES string of the molecule is CCCNC(c1ccc(SCC)cc1)c1ccccc1Cl. The van der Waals surface area contributed by atoms with E-state index in [0.29, 0.717) is 0 Å². The van der Waals surface area contributed by atoms with Crippen LogP contribution in [0.2, 0.25) is 5.02 Å². The highest BCUT2D eigenvalue weighted by Gasteiger charge is 2.15. The van der Waals surface area contributed by atoms with Crippen molar-refractivity contribution < 1.29 is 0 Å². The summed E-state index contributed by atoms with van der Waals surface area (Å²) in [6.45, 7) is 5.33. The second-order valence-corrected chi connectivity index (χ2v) is 6.66. The molecule has 1 atom stereocenters. The van der Waals surface area contributed by atoms with Crippen molar-refractivity contribution in [1.29, 1.82) is 0 Å². The molecule has 1 unspecified atom stereocenters. The first kappa shape index (κ1) is 16.4. The summed E-state index contributed by atoms with van der Waals surface area (Å²) in [6, 6.07) is 17.0. The molecule has 0 saturated heterocycles. The standard InChI is InChI=1S/C18H22ClNS/c1-3-13-20-18(16-7-5-6-8-17(16)19)14-9-11-15(12-10-14)21-4-2/h5-12,18,20H,3-4,13H2,1-2H3. The van der Waals surface area contributed by atoms with E-state index in [1.54, 1.807) is 0 Å². The van der Waals surface area contributed by atoms with Crippen LogP contribution >= 0.6 is 23.4 Å². The summed E-state index contributed by atoms with van der Waals surface area (Å²) in [5.41, 5.74) is 2.40. The van der Waals surface area contributed by atoms with Gasteiger partial charge in [0, 0.05) is 9.92 Å². The second-order valence-electron chi connectivity index (χ2n) is 4.91. The Balaban J connectivity index is 2.29. The predicted octanol–water partition coefficient (Wildman–Crippen LogP) is 5.54. The minimum Gasteiger partial charge on any atom is -0.306 e. The Morgan fingerprint density at radius 3 is 2.38 bits per heavy atom. The Labute approximate surface area is 137 Å². The molecule has 0 fully saturated rings. The van der Waals surface area contributed by atoms with Crippen molar-refractivity contribution in [1.82, 2.24) is 5.32 Å². The largest absolute Gasteiger partial charge is 0.306 e. The monoisotopic (exact) mass is 319 g/mol. The molecule has 0 aliphatic carbocycles. The molecule has 0 spiro atoms. The van der Waals surface area contributed by atoms with E-state index in [-0.39, 0.29) is 6.04 Å². The van der Waals surface area contributed by atoms with E-state index in [1.165, 1.54) is 10.5 Å². The first-order chi connectivity index (χ1) is 10.3. The molecule has 1 nitrogen and oxygen atoms in total. The van der Waals surface area contributed by atoms with Crippen molar-refractivity contribution in [3.05, 3.63) is 64.7 Å². The van der Waals surface area contributed by atoms with Crippen molar-refractivity contribution in [3.63, 3.8) is 0 Å². The summed E-state index contributed by atoms with van der Waals surface area (Å²) in [5, 5.41) is 4.42. The molecule has 0 saturated carbocycles. The summed E-state index contributed by atoms with van der Waals surface area (Å²) in [6.07, 6.45) is 1.10. The van der Waals surface area contributed by atoms with E-state index in [2.05, 4.69) is 49.5 Å². The summed E-state index contributed by atoms with van der Waals surface area (Å²) < 4.78 is 0.